The number of likely N-dealkylation sites (tertiary alicyclic amines) is 1. The highest BCUT2D eigenvalue weighted by atomic mass is 19.1. The first-order valence-electron chi connectivity index (χ1n) is 7.03. The Morgan fingerprint density at radius 1 is 1.50 bits per heavy atom. The third-order valence-corrected chi connectivity index (χ3v) is 3.94. The van der Waals surface area contributed by atoms with Gasteiger partial charge in [0.25, 0.3) is 0 Å². The van der Waals surface area contributed by atoms with Crippen molar-refractivity contribution < 1.29 is 9.18 Å². The van der Waals surface area contributed by atoms with Gasteiger partial charge in [-0.05, 0) is 44.0 Å². The first kappa shape index (κ1) is 14.9. The van der Waals surface area contributed by atoms with Crippen LogP contribution in [0, 0.1) is 11.7 Å². The van der Waals surface area contributed by atoms with E-state index < -0.39 is 0 Å². The van der Waals surface area contributed by atoms with Crippen LogP contribution in [0.4, 0.5) is 4.39 Å². The zero-order chi connectivity index (χ0) is 14.7. The van der Waals surface area contributed by atoms with E-state index in [0.29, 0.717) is 6.54 Å². The Morgan fingerprint density at radius 3 is 2.85 bits per heavy atom. The molecule has 0 spiro atoms. The second-order valence-electron chi connectivity index (χ2n) is 5.60. The fraction of sp³-hybridized carbons (Fsp3) is 0.533. The van der Waals surface area contributed by atoms with Crippen LogP contribution in [0.25, 0.3) is 0 Å². The highest BCUT2D eigenvalue weighted by Gasteiger charge is 2.31. The molecule has 1 saturated heterocycles. The predicted molar refractivity (Wildman–Crippen MR) is 76.3 cm³/mol. The Kier molecular flexibility index (Phi) is 4.73. The molecule has 2 rings (SSSR count). The van der Waals surface area contributed by atoms with Crippen molar-refractivity contribution in [2.45, 2.75) is 31.8 Å². The van der Waals surface area contributed by atoms with E-state index >= 15 is 0 Å². The van der Waals surface area contributed by atoms with Crippen molar-refractivity contribution in [1.82, 2.24) is 4.90 Å². The lowest BCUT2D eigenvalue weighted by atomic mass is 9.92. The number of carbonyl (C=O) groups is 1. The third-order valence-electron chi connectivity index (χ3n) is 3.94. The highest BCUT2D eigenvalue weighted by Crippen LogP contribution is 2.29. The lowest BCUT2D eigenvalue weighted by Crippen LogP contribution is -2.47. The number of benzene rings is 1. The smallest absolute Gasteiger partial charge is 0.221 e. The minimum Gasteiger partial charge on any atom is -0.369 e. The molecule has 0 aliphatic carbocycles. The van der Waals surface area contributed by atoms with E-state index in [1.807, 2.05) is 13.0 Å². The SMILES string of the molecule is CC(N)C(c1cccc(F)c1)N1CCCC(C(N)=O)C1. The molecule has 20 heavy (non-hydrogen) atoms. The van der Waals surface area contributed by atoms with E-state index in [0.717, 1.165) is 24.9 Å². The van der Waals surface area contributed by atoms with Gasteiger partial charge in [0.05, 0.1) is 5.92 Å². The number of piperidine rings is 1. The standard InChI is InChI=1S/C15H22FN3O/c1-10(17)14(11-4-2-6-13(16)8-11)19-7-3-5-12(9-19)15(18)20/h2,4,6,8,10,12,14H,3,5,7,9,17H2,1H3,(H2,18,20). The number of amides is 1. The van der Waals surface area contributed by atoms with Crippen LogP contribution in [0.15, 0.2) is 24.3 Å². The van der Waals surface area contributed by atoms with Gasteiger partial charge in [-0.1, -0.05) is 12.1 Å². The summed E-state index contributed by atoms with van der Waals surface area (Å²) < 4.78 is 13.4. The van der Waals surface area contributed by atoms with Crippen LogP contribution in [-0.4, -0.2) is 29.9 Å². The summed E-state index contributed by atoms with van der Waals surface area (Å²) in [6.45, 7) is 3.36. The first-order valence-corrected chi connectivity index (χ1v) is 7.03. The molecule has 0 saturated carbocycles. The topological polar surface area (TPSA) is 72.3 Å². The number of hydrogen-bond donors (Lipinski definition) is 2. The minimum atomic E-state index is -0.267. The molecule has 5 heteroatoms. The van der Waals surface area contributed by atoms with Gasteiger partial charge in [0.15, 0.2) is 0 Å². The third kappa shape index (κ3) is 3.35. The number of nitrogens with zero attached hydrogens (tertiary/aromatic N) is 1. The molecule has 3 atom stereocenters. The van der Waals surface area contributed by atoms with Gasteiger partial charge < -0.3 is 11.5 Å². The molecule has 1 aromatic carbocycles. The number of primary amides is 1. The van der Waals surface area contributed by atoms with Crippen molar-refractivity contribution in [3.63, 3.8) is 0 Å². The van der Waals surface area contributed by atoms with E-state index in [1.165, 1.54) is 12.1 Å². The Morgan fingerprint density at radius 2 is 2.25 bits per heavy atom. The Labute approximate surface area is 118 Å². The van der Waals surface area contributed by atoms with Crippen molar-refractivity contribution >= 4 is 5.91 Å². The second kappa shape index (κ2) is 6.33. The average Bonchev–Trinajstić information content (AvgIpc) is 2.39. The zero-order valence-electron chi connectivity index (χ0n) is 11.8. The maximum absolute atomic E-state index is 13.4. The molecule has 110 valence electrons. The van der Waals surface area contributed by atoms with E-state index in [-0.39, 0.29) is 29.7 Å². The molecule has 0 aromatic heterocycles. The number of halogens is 1. The maximum Gasteiger partial charge on any atom is 0.221 e. The molecule has 0 radical (unpaired) electrons. The molecular formula is C15H22FN3O. The van der Waals surface area contributed by atoms with E-state index in [2.05, 4.69) is 4.90 Å². The Balaban J connectivity index is 2.22. The van der Waals surface area contributed by atoms with Gasteiger partial charge in [-0.2, -0.15) is 0 Å². The molecule has 4 N–H and O–H groups in total. The highest BCUT2D eigenvalue weighted by molar-refractivity contribution is 5.76. The van der Waals surface area contributed by atoms with Gasteiger partial charge in [0.2, 0.25) is 5.91 Å². The van der Waals surface area contributed by atoms with Crippen molar-refractivity contribution in [3.8, 4) is 0 Å². The summed E-state index contributed by atoms with van der Waals surface area (Å²) in [6.07, 6.45) is 1.73. The summed E-state index contributed by atoms with van der Waals surface area (Å²) in [5.41, 5.74) is 12.4. The number of carbonyl (C=O) groups excluding carboxylic acids is 1. The van der Waals surface area contributed by atoms with Crippen molar-refractivity contribution in [3.05, 3.63) is 35.6 Å². The summed E-state index contributed by atoms with van der Waals surface area (Å²) in [7, 11) is 0. The quantitative estimate of drug-likeness (QED) is 0.875. The molecule has 1 heterocycles. The normalized spacial score (nSPS) is 23.2. The van der Waals surface area contributed by atoms with Crippen LogP contribution in [0.2, 0.25) is 0 Å². The minimum absolute atomic E-state index is 0.0900. The van der Waals surface area contributed by atoms with E-state index in [4.69, 9.17) is 11.5 Å². The van der Waals surface area contributed by atoms with Crippen LogP contribution in [0.3, 0.4) is 0 Å². The van der Waals surface area contributed by atoms with Crippen molar-refractivity contribution in [1.29, 1.82) is 0 Å². The fourth-order valence-electron chi connectivity index (χ4n) is 3.03. The first-order chi connectivity index (χ1) is 9.49. The summed E-state index contributed by atoms with van der Waals surface area (Å²) in [4.78, 5) is 13.5. The number of nitrogens with two attached hydrogens (primary N) is 2. The Bertz CT molecular complexity index is 478. The van der Waals surface area contributed by atoms with E-state index in [1.54, 1.807) is 6.07 Å². The second-order valence-corrected chi connectivity index (χ2v) is 5.60. The largest absolute Gasteiger partial charge is 0.369 e. The van der Waals surface area contributed by atoms with Crippen LogP contribution >= 0.6 is 0 Å². The molecule has 4 nitrogen and oxygen atoms in total. The predicted octanol–water partition coefficient (Wildman–Crippen LogP) is 1.41. The molecular weight excluding hydrogens is 257 g/mol. The lowest BCUT2D eigenvalue weighted by molar-refractivity contribution is -0.123. The van der Waals surface area contributed by atoms with Gasteiger partial charge in [0.1, 0.15) is 5.82 Å². The summed E-state index contributed by atoms with van der Waals surface area (Å²) in [6, 6.07) is 6.27. The molecule has 1 aliphatic rings. The molecule has 1 fully saturated rings. The van der Waals surface area contributed by atoms with Crippen LogP contribution in [-0.2, 0) is 4.79 Å². The lowest BCUT2D eigenvalue weighted by Gasteiger charge is -2.39. The van der Waals surface area contributed by atoms with Crippen LogP contribution in [0.5, 0.6) is 0 Å². The van der Waals surface area contributed by atoms with Gasteiger partial charge >= 0.3 is 0 Å². The average molecular weight is 279 g/mol. The van der Waals surface area contributed by atoms with Crippen LogP contribution in [0.1, 0.15) is 31.4 Å². The Hall–Kier alpha value is -1.46. The van der Waals surface area contributed by atoms with Crippen molar-refractivity contribution in [2.24, 2.45) is 17.4 Å². The molecule has 1 aromatic rings. The van der Waals surface area contributed by atoms with Gasteiger partial charge in [-0.15, -0.1) is 0 Å². The maximum atomic E-state index is 13.4. The van der Waals surface area contributed by atoms with Gasteiger partial charge in [-0.3, -0.25) is 9.69 Å². The number of rotatable bonds is 4. The number of hydrogen-bond acceptors (Lipinski definition) is 3. The zero-order valence-corrected chi connectivity index (χ0v) is 11.8. The molecule has 3 unspecified atom stereocenters. The summed E-state index contributed by atoms with van der Waals surface area (Å²) in [5.74, 6) is -0.674. The molecule has 0 bridgehead atoms. The van der Waals surface area contributed by atoms with Gasteiger partial charge in [-0.25, -0.2) is 4.39 Å². The summed E-state index contributed by atoms with van der Waals surface area (Å²) in [5, 5.41) is 0. The molecule has 1 amide bonds. The summed E-state index contributed by atoms with van der Waals surface area (Å²) >= 11 is 0. The molecule has 1 aliphatic heterocycles. The van der Waals surface area contributed by atoms with Gasteiger partial charge in [0, 0.05) is 18.6 Å². The van der Waals surface area contributed by atoms with Crippen LogP contribution < -0.4 is 11.5 Å². The van der Waals surface area contributed by atoms with E-state index in [9.17, 15) is 9.18 Å². The fourth-order valence-corrected chi connectivity index (χ4v) is 3.03. The monoisotopic (exact) mass is 279 g/mol. The van der Waals surface area contributed by atoms with Crippen molar-refractivity contribution in [2.75, 3.05) is 13.1 Å².